The summed E-state index contributed by atoms with van der Waals surface area (Å²) in [4.78, 5) is 33.4. The van der Waals surface area contributed by atoms with E-state index in [2.05, 4.69) is 20.6 Å². The number of fused-ring (bicyclic) bond motifs is 1. The van der Waals surface area contributed by atoms with Crippen LogP contribution in [0.3, 0.4) is 0 Å². The van der Waals surface area contributed by atoms with E-state index in [1.165, 1.54) is 18.3 Å². The molecule has 8 nitrogen and oxygen atoms in total. The molecule has 11 heteroatoms. The quantitative estimate of drug-likeness (QED) is 0.341. The maximum absolute atomic E-state index is 14.2. The van der Waals surface area contributed by atoms with Crippen molar-refractivity contribution in [2.75, 3.05) is 6.54 Å². The number of rotatable bonds is 8. The van der Waals surface area contributed by atoms with E-state index in [1.54, 1.807) is 48.5 Å². The number of sulfone groups is 1. The monoisotopic (exact) mass is 524 g/mol. The van der Waals surface area contributed by atoms with Crippen molar-refractivity contribution < 1.29 is 22.4 Å². The molecule has 0 aliphatic heterocycles. The number of pyridine rings is 1. The molecule has 0 bridgehead atoms. The molecular formula is C25H21FN4O4S2. The molecule has 1 aliphatic rings. The van der Waals surface area contributed by atoms with Crippen LogP contribution in [0.1, 0.15) is 23.1 Å². The molecule has 2 heterocycles. The van der Waals surface area contributed by atoms with Gasteiger partial charge in [-0.05, 0) is 54.8 Å². The SMILES string of the molecule is O=C(CNC(=O)C(c1nc2ccc(-c3cccnc3F)cc2s1)S(=O)(=O)c1ccccc1)NC1CC1. The van der Waals surface area contributed by atoms with Crippen molar-refractivity contribution in [3.05, 3.63) is 77.8 Å². The molecule has 2 aromatic carbocycles. The van der Waals surface area contributed by atoms with Crippen LogP contribution < -0.4 is 10.6 Å². The predicted molar refractivity (Wildman–Crippen MR) is 133 cm³/mol. The Labute approximate surface area is 210 Å². The number of thiazole rings is 1. The third kappa shape index (κ3) is 4.98. The van der Waals surface area contributed by atoms with E-state index in [0.29, 0.717) is 21.3 Å². The Balaban J connectivity index is 1.51. The Morgan fingerprint density at radius 1 is 1.08 bits per heavy atom. The maximum Gasteiger partial charge on any atom is 0.246 e. The van der Waals surface area contributed by atoms with Crippen LogP contribution in [0.4, 0.5) is 4.39 Å². The van der Waals surface area contributed by atoms with E-state index in [-0.39, 0.29) is 28.4 Å². The first-order chi connectivity index (χ1) is 17.3. The van der Waals surface area contributed by atoms with Crippen molar-refractivity contribution in [3.8, 4) is 11.1 Å². The minimum atomic E-state index is -4.19. The first-order valence-electron chi connectivity index (χ1n) is 11.2. The molecule has 1 aliphatic carbocycles. The van der Waals surface area contributed by atoms with Crippen LogP contribution in [0.5, 0.6) is 0 Å². The summed E-state index contributed by atoms with van der Waals surface area (Å²) in [5, 5.41) is 3.60. The molecule has 2 aromatic heterocycles. The number of hydrogen-bond donors (Lipinski definition) is 2. The molecule has 0 saturated heterocycles. The topological polar surface area (TPSA) is 118 Å². The Morgan fingerprint density at radius 2 is 1.86 bits per heavy atom. The van der Waals surface area contributed by atoms with Crippen molar-refractivity contribution in [1.29, 1.82) is 0 Å². The number of aromatic nitrogens is 2. The molecule has 5 rings (SSSR count). The summed E-state index contributed by atoms with van der Waals surface area (Å²) in [6, 6.07) is 15.9. The minimum Gasteiger partial charge on any atom is -0.352 e. The van der Waals surface area contributed by atoms with Gasteiger partial charge >= 0.3 is 0 Å². The molecule has 36 heavy (non-hydrogen) atoms. The van der Waals surface area contributed by atoms with E-state index in [1.807, 2.05) is 0 Å². The van der Waals surface area contributed by atoms with Gasteiger partial charge in [0.2, 0.25) is 17.8 Å². The van der Waals surface area contributed by atoms with Gasteiger partial charge in [-0.25, -0.2) is 18.4 Å². The van der Waals surface area contributed by atoms with Gasteiger partial charge in [0.1, 0.15) is 5.01 Å². The van der Waals surface area contributed by atoms with Gasteiger partial charge in [-0.3, -0.25) is 9.59 Å². The molecule has 1 unspecified atom stereocenters. The first kappa shape index (κ1) is 24.0. The number of nitrogens with one attached hydrogen (secondary N) is 2. The third-order valence-corrected chi connectivity index (χ3v) is 8.90. The molecular weight excluding hydrogens is 503 g/mol. The van der Waals surface area contributed by atoms with E-state index < -0.39 is 26.9 Å². The van der Waals surface area contributed by atoms with Crippen LogP contribution >= 0.6 is 11.3 Å². The Morgan fingerprint density at radius 3 is 2.58 bits per heavy atom. The molecule has 1 fully saturated rings. The second-order valence-electron chi connectivity index (χ2n) is 8.37. The maximum atomic E-state index is 14.2. The van der Waals surface area contributed by atoms with Crippen molar-refractivity contribution in [1.82, 2.24) is 20.6 Å². The van der Waals surface area contributed by atoms with Crippen LogP contribution in [-0.2, 0) is 19.4 Å². The Kier molecular flexibility index (Phi) is 6.50. The van der Waals surface area contributed by atoms with E-state index in [4.69, 9.17) is 0 Å². The average Bonchev–Trinajstić information content (AvgIpc) is 3.59. The number of benzene rings is 2. The van der Waals surface area contributed by atoms with Gasteiger partial charge in [-0.1, -0.05) is 24.3 Å². The fourth-order valence-electron chi connectivity index (χ4n) is 3.72. The summed E-state index contributed by atoms with van der Waals surface area (Å²) < 4.78 is 41.9. The normalized spacial score (nSPS) is 14.4. The van der Waals surface area contributed by atoms with Crippen molar-refractivity contribution in [2.45, 2.75) is 29.0 Å². The van der Waals surface area contributed by atoms with Crippen LogP contribution in [0.25, 0.3) is 21.3 Å². The summed E-state index contributed by atoms with van der Waals surface area (Å²) in [6.07, 6.45) is 3.13. The van der Waals surface area contributed by atoms with E-state index in [0.717, 1.165) is 24.2 Å². The molecule has 1 atom stereocenters. The van der Waals surface area contributed by atoms with Crippen molar-refractivity contribution in [2.24, 2.45) is 0 Å². The number of nitrogens with zero attached hydrogens (tertiary/aromatic N) is 2. The lowest BCUT2D eigenvalue weighted by molar-refractivity contribution is -0.126. The summed E-state index contributed by atoms with van der Waals surface area (Å²) in [6.45, 7) is -0.342. The summed E-state index contributed by atoms with van der Waals surface area (Å²) in [5.74, 6) is -1.86. The highest BCUT2D eigenvalue weighted by atomic mass is 32.2. The van der Waals surface area contributed by atoms with Crippen molar-refractivity contribution >= 4 is 43.2 Å². The zero-order valence-electron chi connectivity index (χ0n) is 18.8. The summed E-state index contributed by atoms with van der Waals surface area (Å²) >= 11 is 1.03. The highest BCUT2D eigenvalue weighted by Crippen LogP contribution is 2.36. The zero-order valence-corrected chi connectivity index (χ0v) is 20.5. The summed E-state index contributed by atoms with van der Waals surface area (Å²) in [5.41, 5.74) is 1.31. The fourth-order valence-corrected chi connectivity index (χ4v) is 6.73. The van der Waals surface area contributed by atoms with Gasteiger partial charge in [-0.2, -0.15) is 4.39 Å². The van der Waals surface area contributed by atoms with E-state index >= 15 is 0 Å². The third-order valence-electron chi connectivity index (χ3n) is 5.69. The molecule has 184 valence electrons. The molecule has 1 saturated carbocycles. The van der Waals surface area contributed by atoms with E-state index in [9.17, 15) is 22.4 Å². The number of carbonyl (C=O) groups excluding carboxylic acids is 2. The predicted octanol–water partition coefficient (Wildman–Crippen LogP) is 3.41. The van der Waals surface area contributed by atoms with Gasteiger partial charge in [0.05, 0.1) is 21.7 Å². The van der Waals surface area contributed by atoms with Crippen LogP contribution in [-0.4, -0.2) is 42.8 Å². The molecule has 2 N–H and O–H groups in total. The van der Waals surface area contributed by atoms with Crippen LogP contribution in [0.15, 0.2) is 71.8 Å². The Bertz CT molecular complexity index is 1550. The highest BCUT2D eigenvalue weighted by molar-refractivity contribution is 7.92. The molecule has 0 radical (unpaired) electrons. The fraction of sp³-hybridized carbons (Fsp3) is 0.200. The minimum absolute atomic E-state index is 0.0371. The number of carbonyl (C=O) groups is 2. The highest BCUT2D eigenvalue weighted by Gasteiger charge is 2.38. The Hall–Kier alpha value is -3.70. The largest absolute Gasteiger partial charge is 0.352 e. The number of halogens is 1. The van der Waals surface area contributed by atoms with Gasteiger partial charge in [0.25, 0.3) is 0 Å². The lowest BCUT2D eigenvalue weighted by atomic mass is 10.1. The van der Waals surface area contributed by atoms with Gasteiger partial charge < -0.3 is 10.6 Å². The summed E-state index contributed by atoms with van der Waals surface area (Å²) in [7, 11) is -4.19. The second-order valence-corrected chi connectivity index (χ2v) is 11.5. The number of hydrogen-bond acceptors (Lipinski definition) is 7. The standard InChI is InChI=1S/C25H21FN4O4S2/c26-23-18(7-4-12-27-23)15-8-11-19-20(13-15)35-25(30-19)22(36(33,34)17-5-2-1-3-6-17)24(32)28-14-21(31)29-16-9-10-16/h1-8,11-13,16,22H,9-10,14H2,(H,28,32)(H,29,31). The van der Waals surface area contributed by atoms with Gasteiger partial charge in [0, 0.05) is 17.8 Å². The lowest BCUT2D eigenvalue weighted by Gasteiger charge is -2.15. The second kappa shape index (κ2) is 9.75. The molecule has 2 amide bonds. The van der Waals surface area contributed by atoms with Crippen LogP contribution in [0.2, 0.25) is 0 Å². The first-order valence-corrected chi connectivity index (χ1v) is 13.6. The lowest BCUT2D eigenvalue weighted by Crippen LogP contribution is -2.41. The zero-order chi connectivity index (χ0) is 25.3. The number of amides is 2. The smallest absolute Gasteiger partial charge is 0.246 e. The molecule has 0 spiro atoms. The van der Waals surface area contributed by atoms with Gasteiger partial charge in [0.15, 0.2) is 15.1 Å². The van der Waals surface area contributed by atoms with Crippen molar-refractivity contribution in [3.63, 3.8) is 0 Å². The van der Waals surface area contributed by atoms with Crippen LogP contribution in [0, 0.1) is 5.95 Å². The average molecular weight is 525 g/mol. The van der Waals surface area contributed by atoms with Gasteiger partial charge in [-0.15, -0.1) is 11.3 Å². The molecule has 4 aromatic rings.